The Labute approximate surface area is 214 Å². The van der Waals surface area contributed by atoms with Crippen LogP contribution in [0.4, 0.5) is 0 Å². The number of aliphatic imine (C=N–C) groups is 1. The number of pyridine rings is 1. The number of benzene rings is 1. The lowest BCUT2D eigenvalue weighted by atomic mass is 10.1. The van der Waals surface area contributed by atoms with Crippen LogP contribution in [0.1, 0.15) is 37.4 Å². The van der Waals surface area contributed by atoms with E-state index in [4.69, 9.17) is 23.2 Å². The van der Waals surface area contributed by atoms with Crippen LogP contribution in [-0.2, 0) is 6.42 Å². The van der Waals surface area contributed by atoms with Crippen molar-refractivity contribution >= 4 is 63.2 Å². The third kappa shape index (κ3) is 5.45. The van der Waals surface area contributed by atoms with E-state index in [9.17, 15) is 14.7 Å². The molecule has 1 aromatic carbocycles. The van der Waals surface area contributed by atoms with E-state index in [1.807, 2.05) is 6.07 Å². The summed E-state index contributed by atoms with van der Waals surface area (Å²) in [7, 11) is 0. The predicted octanol–water partition coefficient (Wildman–Crippen LogP) is 7.00. The maximum atomic E-state index is 12.7. The summed E-state index contributed by atoms with van der Waals surface area (Å²) in [5.41, 5.74) is 2.66. The minimum absolute atomic E-state index is 0.0604. The summed E-state index contributed by atoms with van der Waals surface area (Å²) in [6, 6.07) is 12.1. The first kappa shape index (κ1) is 24.3. The Morgan fingerprint density at radius 1 is 1.06 bits per heavy atom. The number of halogens is 2. The first-order valence-electron chi connectivity index (χ1n) is 10.2. The molecule has 5 nitrogen and oxygen atoms in total. The molecule has 0 saturated heterocycles. The highest BCUT2D eigenvalue weighted by Gasteiger charge is 2.17. The Kier molecular flexibility index (Phi) is 7.58. The number of hydrogen-bond donors (Lipinski definition) is 1. The highest BCUT2D eigenvalue weighted by Crippen LogP contribution is 2.40. The number of aromatic hydroxyl groups is 1. The van der Waals surface area contributed by atoms with E-state index >= 15 is 0 Å². The van der Waals surface area contributed by atoms with Gasteiger partial charge in [-0.25, -0.2) is 0 Å². The maximum Gasteiger partial charge on any atom is 0.194 e. The molecule has 0 radical (unpaired) electrons. The summed E-state index contributed by atoms with van der Waals surface area (Å²) in [6.07, 6.45) is 3.54. The minimum atomic E-state index is -0.191. The monoisotopic (exact) mass is 528 g/mol. The smallest absolute Gasteiger partial charge is 0.194 e. The van der Waals surface area contributed by atoms with Gasteiger partial charge in [-0.15, -0.1) is 22.7 Å². The van der Waals surface area contributed by atoms with Gasteiger partial charge in [-0.1, -0.05) is 35.3 Å². The molecular weight excluding hydrogens is 511 g/mol. The molecule has 1 N–H and O–H groups in total. The minimum Gasteiger partial charge on any atom is -0.506 e. The van der Waals surface area contributed by atoms with Crippen molar-refractivity contribution in [3.8, 4) is 16.2 Å². The number of aromatic nitrogens is 1. The van der Waals surface area contributed by atoms with E-state index in [0.29, 0.717) is 36.0 Å². The lowest BCUT2D eigenvalue weighted by Crippen LogP contribution is -2.04. The third-order valence-corrected chi connectivity index (χ3v) is 7.96. The van der Waals surface area contributed by atoms with Gasteiger partial charge in [0.2, 0.25) is 0 Å². The van der Waals surface area contributed by atoms with E-state index in [1.165, 1.54) is 11.3 Å². The van der Waals surface area contributed by atoms with Gasteiger partial charge in [-0.05, 0) is 48.4 Å². The summed E-state index contributed by atoms with van der Waals surface area (Å²) in [5.74, 6) is -0.171. The summed E-state index contributed by atoms with van der Waals surface area (Å²) in [6.45, 7) is 1.66. The Morgan fingerprint density at radius 2 is 1.82 bits per heavy atom. The highest BCUT2D eigenvalue weighted by atomic mass is 35.5. The van der Waals surface area contributed by atoms with Crippen LogP contribution in [0.25, 0.3) is 10.4 Å². The maximum absolute atomic E-state index is 12.7. The van der Waals surface area contributed by atoms with Gasteiger partial charge in [0.15, 0.2) is 11.6 Å². The number of hydrogen-bond acceptors (Lipinski definition) is 7. The van der Waals surface area contributed by atoms with Crippen LogP contribution in [0.15, 0.2) is 65.2 Å². The van der Waals surface area contributed by atoms with Gasteiger partial charge >= 0.3 is 0 Å². The van der Waals surface area contributed by atoms with Crippen molar-refractivity contribution in [2.75, 3.05) is 6.54 Å². The number of rotatable bonds is 8. The zero-order chi connectivity index (χ0) is 24.2. The molecule has 0 bridgehead atoms. The van der Waals surface area contributed by atoms with E-state index in [0.717, 1.165) is 22.5 Å². The Hall–Kier alpha value is -2.84. The summed E-state index contributed by atoms with van der Waals surface area (Å²) < 4.78 is 0. The normalized spacial score (nSPS) is 11.6. The second-order valence-corrected chi connectivity index (χ2v) is 10.2. The SMILES string of the molecule is CC(=NCC(=O)c1ccc(C(=O)Cc2cccnc2)s1)c1csc(-c2ccc(Cl)c(Cl)c2)c1O. The average Bonchev–Trinajstić information content (AvgIpc) is 3.47. The van der Waals surface area contributed by atoms with Gasteiger partial charge in [0.25, 0.3) is 0 Å². The molecule has 34 heavy (non-hydrogen) atoms. The number of carbonyl (C=O) groups excluding carboxylic acids is 2. The molecule has 0 unspecified atom stereocenters. The van der Waals surface area contributed by atoms with Gasteiger partial charge in [-0.3, -0.25) is 19.6 Å². The molecule has 0 fully saturated rings. The number of carbonyl (C=O) groups is 2. The van der Waals surface area contributed by atoms with Crippen molar-refractivity contribution in [2.24, 2.45) is 4.99 Å². The molecule has 9 heteroatoms. The fourth-order valence-corrected chi connectivity index (χ4v) is 5.39. The van der Waals surface area contributed by atoms with E-state index < -0.39 is 0 Å². The van der Waals surface area contributed by atoms with Crippen molar-refractivity contribution in [1.82, 2.24) is 4.98 Å². The molecule has 0 aliphatic rings. The van der Waals surface area contributed by atoms with Crippen LogP contribution in [0.5, 0.6) is 5.75 Å². The quantitative estimate of drug-likeness (QED) is 0.197. The molecule has 4 aromatic rings. The Bertz CT molecular complexity index is 1390. The Balaban J connectivity index is 1.44. The molecule has 0 amide bonds. The molecule has 0 spiro atoms. The molecule has 4 rings (SSSR count). The highest BCUT2D eigenvalue weighted by molar-refractivity contribution is 7.16. The van der Waals surface area contributed by atoms with Gasteiger partial charge < -0.3 is 5.11 Å². The van der Waals surface area contributed by atoms with Crippen LogP contribution in [0.3, 0.4) is 0 Å². The molecule has 3 aromatic heterocycles. The van der Waals surface area contributed by atoms with Crippen LogP contribution in [-0.4, -0.2) is 33.9 Å². The lowest BCUT2D eigenvalue weighted by Gasteiger charge is -2.03. The summed E-state index contributed by atoms with van der Waals surface area (Å²) in [4.78, 5) is 35.2. The Morgan fingerprint density at radius 3 is 2.53 bits per heavy atom. The lowest BCUT2D eigenvalue weighted by molar-refractivity contribution is 0.0993. The zero-order valence-electron chi connectivity index (χ0n) is 17.9. The number of ketones is 2. The fourth-order valence-electron chi connectivity index (χ4n) is 3.22. The van der Waals surface area contributed by atoms with Gasteiger partial charge in [-0.2, -0.15) is 0 Å². The molecule has 3 heterocycles. The zero-order valence-corrected chi connectivity index (χ0v) is 21.1. The van der Waals surface area contributed by atoms with Gasteiger partial charge in [0.1, 0.15) is 12.3 Å². The topological polar surface area (TPSA) is 79.6 Å². The van der Waals surface area contributed by atoms with Crippen molar-refractivity contribution in [3.05, 3.63) is 91.2 Å². The molecule has 0 aliphatic heterocycles. The molecule has 0 saturated carbocycles. The van der Waals surface area contributed by atoms with Crippen LogP contribution >= 0.6 is 45.9 Å². The molecule has 0 atom stereocenters. The number of Topliss-reactive ketones (excluding diaryl/α,β-unsaturated/α-hetero) is 2. The standard InChI is InChI=1S/C25H18Cl2N2O3S2/c1-14(17-13-33-25(24(17)32)16-4-5-18(26)19(27)10-16)29-12-21(31)23-7-6-22(34-23)20(30)9-15-3-2-8-28-11-15/h2-8,10-11,13,32H,9,12H2,1H3. The van der Waals surface area contributed by atoms with Crippen molar-refractivity contribution in [2.45, 2.75) is 13.3 Å². The van der Waals surface area contributed by atoms with Crippen LogP contribution < -0.4 is 0 Å². The fraction of sp³-hybridized carbons (Fsp3) is 0.120. The van der Waals surface area contributed by atoms with E-state index in [-0.39, 0.29) is 30.3 Å². The third-order valence-electron chi connectivity index (χ3n) is 5.04. The first-order chi connectivity index (χ1) is 16.3. The molecule has 172 valence electrons. The van der Waals surface area contributed by atoms with E-state index in [1.54, 1.807) is 61.1 Å². The van der Waals surface area contributed by atoms with Crippen molar-refractivity contribution in [1.29, 1.82) is 0 Å². The molecular formula is C25H18Cl2N2O3S2. The second kappa shape index (κ2) is 10.6. The van der Waals surface area contributed by atoms with E-state index in [2.05, 4.69) is 9.98 Å². The average molecular weight is 529 g/mol. The summed E-state index contributed by atoms with van der Waals surface area (Å²) in [5, 5.41) is 13.3. The van der Waals surface area contributed by atoms with Crippen LogP contribution in [0.2, 0.25) is 10.0 Å². The molecule has 0 aliphatic carbocycles. The van der Waals surface area contributed by atoms with Crippen molar-refractivity contribution < 1.29 is 14.7 Å². The number of nitrogens with zero attached hydrogens (tertiary/aromatic N) is 2. The second-order valence-electron chi connectivity index (χ2n) is 7.41. The summed E-state index contributed by atoms with van der Waals surface area (Å²) >= 11 is 14.6. The first-order valence-corrected chi connectivity index (χ1v) is 12.6. The van der Waals surface area contributed by atoms with Crippen molar-refractivity contribution in [3.63, 3.8) is 0 Å². The number of thiophene rings is 2. The predicted molar refractivity (Wildman–Crippen MR) is 139 cm³/mol. The van der Waals surface area contributed by atoms with Crippen LogP contribution in [0, 0.1) is 0 Å². The largest absolute Gasteiger partial charge is 0.506 e. The van der Waals surface area contributed by atoms with Gasteiger partial charge in [0, 0.05) is 35.5 Å². The van der Waals surface area contributed by atoms with Gasteiger partial charge in [0.05, 0.1) is 24.7 Å².